The van der Waals surface area contributed by atoms with E-state index in [2.05, 4.69) is 49.2 Å². The predicted molar refractivity (Wildman–Crippen MR) is 92.8 cm³/mol. The number of hydrogen-bond donors (Lipinski definition) is 0. The summed E-state index contributed by atoms with van der Waals surface area (Å²) in [5.41, 5.74) is 4.84. The van der Waals surface area contributed by atoms with Crippen molar-refractivity contribution in [3.8, 4) is 11.1 Å². The van der Waals surface area contributed by atoms with E-state index in [1.54, 1.807) is 7.11 Å². The molecule has 1 heterocycles. The van der Waals surface area contributed by atoms with E-state index >= 15 is 0 Å². The molecule has 23 heavy (non-hydrogen) atoms. The van der Waals surface area contributed by atoms with Gasteiger partial charge in [0.2, 0.25) is 0 Å². The summed E-state index contributed by atoms with van der Waals surface area (Å²) in [7, 11) is 3.83. The Morgan fingerprint density at radius 3 is 2.39 bits per heavy atom. The second-order valence-electron chi connectivity index (χ2n) is 6.47. The molecule has 2 aromatic carbocycles. The maximum atomic E-state index is 11.5. The number of likely N-dealkylation sites (N-methyl/N-ethyl adjacent to an activating group) is 1. The Labute approximate surface area is 137 Å². The molecule has 0 aliphatic carbocycles. The first kappa shape index (κ1) is 15.9. The standard InChI is InChI=1S/C20H23NO2/c1-15-4-6-16(7-5-15)17-8-9-18(13-22)19(12-17)20(23-3)10-11-21(2)14-20/h4-9,12-13H,10-11,14H2,1-3H3. The van der Waals surface area contributed by atoms with Gasteiger partial charge in [-0.15, -0.1) is 0 Å². The van der Waals surface area contributed by atoms with Gasteiger partial charge in [0, 0.05) is 25.8 Å². The van der Waals surface area contributed by atoms with Crippen molar-refractivity contribution < 1.29 is 9.53 Å². The monoisotopic (exact) mass is 309 g/mol. The van der Waals surface area contributed by atoms with Gasteiger partial charge in [-0.25, -0.2) is 0 Å². The minimum atomic E-state index is -0.397. The molecule has 0 bridgehead atoms. The highest BCUT2D eigenvalue weighted by Gasteiger charge is 2.40. The summed E-state index contributed by atoms with van der Waals surface area (Å²) in [6, 6.07) is 14.5. The first-order valence-corrected chi connectivity index (χ1v) is 7.98. The van der Waals surface area contributed by atoms with Crippen molar-refractivity contribution in [2.24, 2.45) is 0 Å². The van der Waals surface area contributed by atoms with Crippen LogP contribution in [0.5, 0.6) is 0 Å². The Bertz CT molecular complexity index is 708. The molecule has 1 atom stereocenters. The van der Waals surface area contributed by atoms with E-state index in [0.29, 0.717) is 0 Å². The zero-order chi connectivity index (χ0) is 16.4. The Hall–Kier alpha value is -1.97. The van der Waals surface area contributed by atoms with Gasteiger partial charge >= 0.3 is 0 Å². The molecule has 0 radical (unpaired) electrons. The van der Waals surface area contributed by atoms with Crippen LogP contribution in [-0.4, -0.2) is 38.4 Å². The van der Waals surface area contributed by atoms with Crippen LogP contribution in [-0.2, 0) is 10.3 Å². The van der Waals surface area contributed by atoms with Crippen LogP contribution in [0.15, 0.2) is 42.5 Å². The smallest absolute Gasteiger partial charge is 0.150 e. The number of ether oxygens (including phenoxy) is 1. The largest absolute Gasteiger partial charge is 0.372 e. The van der Waals surface area contributed by atoms with E-state index in [1.807, 2.05) is 12.1 Å². The van der Waals surface area contributed by atoms with Gasteiger partial charge in [0.1, 0.15) is 11.9 Å². The molecule has 120 valence electrons. The molecule has 2 aromatic rings. The third-order valence-corrected chi connectivity index (χ3v) is 4.87. The molecule has 1 aliphatic rings. The van der Waals surface area contributed by atoms with E-state index < -0.39 is 5.60 Å². The summed E-state index contributed by atoms with van der Waals surface area (Å²) in [5.74, 6) is 0. The maximum Gasteiger partial charge on any atom is 0.150 e. The minimum absolute atomic E-state index is 0.397. The predicted octanol–water partition coefficient (Wildman–Crippen LogP) is 3.65. The van der Waals surface area contributed by atoms with Crippen molar-refractivity contribution in [1.29, 1.82) is 0 Å². The summed E-state index contributed by atoms with van der Waals surface area (Å²) < 4.78 is 5.91. The Morgan fingerprint density at radius 1 is 1.13 bits per heavy atom. The number of aryl methyl sites for hydroxylation is 1. The van der Waals surface area contributed by atoms with Crippen LogP contribution in [0.2, 0.25) is 0 Å². The molecule has 0 spiro atoms. The van der Waals surface area contributed by atoms with Crippen LogP contribution < -0.4 is 0 Å². The lowest BCUT2D eigenvalue weighted by molar-refractivity contribution is -0.00444. The fourth-order valence-corrected chi connectivity index (χ4v) is 3.44. The Balaban J connectivity index is 2.10. The van der Waals surface area contributed by atoms with E-state index in [4.69, 9.17) is 4.74 Å². The number of rotatable bonds is 4. The maximum absolute atomic E-state index is 11.5. The first-order chi connectivity index (χ1) is 11.1. The van der Waals surface area contributed by atoms with Gasteiger partial charge in [-0.2, -0.15) is 0 Å². The zero-order valence-electron chi connectivity index (χ0n) is 14.0. The van der Waals surface area contributed by atoms with E-state index in [-0.39, 0.29) is 0 Å². The summed E-state index contributed by atoms with van der Waals surface area (Å²) in [6.45, 7) is 3.86. The number of hydrogen-bond acceptors (Lipinski definition) is 3. The van der Waals surface area contributed by atoms with Crippen LogP contribution in [0.3, 0.4) is 0 Å². The highest BCUT2D eigenvalue weighted by Crippen LogP contribution is 2.38. The fraction of sp³-hybridized carbons (Fsp3) is 0.350. The van der Waals surface area contributed by atoms with Gasteiger partial charge in [0.15, 0.2) is 0 Å². The molecule has 0 N–H and O–H groups in total. The highest BCUT2D eigenvalue weighted by molar-refractivity contribution is 5.80. The molecule has 0 amide bonds. The lowest BCUT2D eigenvalue weighted by atomic mass is 9.86. The molecule has 1 saturated heterocycles. The lowest BCUT2D eigenvalue weighted by Crippen LogP contribution is -2.32. The molecule has 3 rings (SSSR count). The van der Waals surface area contributed by atoms with Crippen molar-refractivity contribution in [2.75, 3.05) is 27.2 Å². The van der Waals surface area contributed by atoms with Crippen molar-refractivity contribution in [2.45, 2.75) is 18.9 Å². The summed E-state index contributed by atoms with van der Waals surface area (Å²) >= 11 is 0. The molecule has 1 aliphatic heterocycles. The average molecular weight is 309 g/mol. The first-order valence-electron chi connectivity index (χ1n) is 7.98. The Kier molecular flexibility index (Phi) is 4.33. The number of nitrogens with zero attached hydrogens (tertiary/aromatic N) is 1. The van der Waals surface area contributed by atoms with Gasteiger partial charge in [0.25, 0.3) is 0 Å². The summed E-state index contributed by atoms with van der Waals surface area (Å²) in [4.78, 5) is 13.8. The average Bonchev–Trinajstić information content (AvgIpc) is 2.97. The second kappa shape index (κ2) is 6.26. The van der Waals surface area contributed by atoms with Crippen molar-refractivity contribution in [3.63, 3.8) is 0 Å². The lowest BCUT2D eigenvalue weighted by Gasteiger charge is -2.30. The SMILES string of the molecule is COC1(c2cc(-c3ccc(C)cc3)ccc2C=O)CCN(C)C1. The molecule has 0 aromatic heterocycles. The van der Waals surface area contributed by atoms with E-state index in [1.165, 1.54) is 5.56 Å². The normalized spacial score (nSPS) is 21.5. The number of carbonyl (C=O) groups is 1. The molecule has 1 unspecified atom stereocenters. The molecular formula is C20H23NO2. The molecule has 3 nitrogen and oxygen atoms in total. The van der Waals surface area contributed by atoms with Crippen molar-refractivity contribution in [3.05, 3.63) is 59.2 Å². The zero-order valence-corrected chi connectivity index (χ0v) is 14.0. The number of carbonyl (C=O) groups excluding carboxylic acids is 1. The molecular weight excluding hydrogens is 286 g/mol. The van der Waals surface area contributed by atoms with Crippen molar-refractivity contribution in [1.82, 2.24) is 4.90 Å². The topological polar surface area (TPSA) is 29.5 Å². The summed E-state index contributed by atoms with van der Waals surface area (Å²) in [5, 5.41) is 0. The van der Waals surface area contributed by atoms with E-state index in [9.17, 15) is 4.79 Å². The quantitative estimate of drug-likeness (QED) is 0.807. The minimum Gasteiger partial charge on any atom is -0.372 e. The highest BCUT2D eigenvalue weighted by atomic mass is 16.5. The number of likely N-dealkylation sites (tertiary alicyclic amines) is 1. The fourth-order valence-electron chi connectivity index (χ4n) is 3.44. The van der Waals surface area contributed by atoms with Gasteiger partial charge < -0.3 is 9.64 Å². The van der Waals surface area contributed by atoms with Crippen LogP contribution in [0.4, 0.5) is 0 Å². The van der Waals surface area contributed by atoms with E-state index in [0.717, 1.165) is 48.1 Å². The van der Waals surface area contributed by atoms with Crippen molar-refractivity contribution >= 4 is 6.29 Å². The third kappa shape index (κ3) is 2.94. The van der Waals surface area contributed by atoms with Gasteiger partial charge in [-0.1, -0.05) is 42.0 Å². The molecule has 3 heteroatoms. The second-order valence-corrected chi connectivity index (χ2v) is 6.47. The molecule has 1 fully saturated rings. The number of aldehydes is 1. The van der Waals surface area contributed by atoms with Crippen LogP contribution >= 0.6 is 0 Å². The van der Waals surface area contributed by atoms with Gasteiger partial charge in [-0.05, 0) is 43.1 Å². The van der Waals surface area contributed by atoms with Crippen LogP contribution in [0.1, 0.15) is 27.9 Å². The number of benzene rings is 2. The third-order valence-electron chi connectivity index (χ3n) is 4.87. The molecule has 0 saturated carbocycles. The Morgan fingerprint density at radius 2 is 1.83 bits per heavy atom. The summed E-state index contributed by atoms with van der Waals surface area (Å²) in [6.07, 6.45) is 1.84. The van der Waals surface area contributed by atoms with Crippen LogP contribution in [0.25, 0.3) is 11.1 Å². The van der Waals surface area contributed by atoms with Gasteiger partial charge in [0.05, 0.1) is 0 Å². The van der Waals surface area contributed by atoms with Gasteiger partial charge in [-0.3, -0.25) is 4.79 Å². The van der Waals surface area contributed by atoms with Crippen LogP contribution in [0, 0.1) is 6.92 Å². The number of methoxy groups -OCH3 is 1.